The smallest absolute Gasteiger partial charge is 0.238 e. The average molecular weight is 308 g/mol. The van der Waals surface area contributed by atoms with Crippen molar-refractivity contribution in [2.24, 2.45) is 23.7 Å². The molecule has 1 saturated heterocycles. The number of benzene rings is 1. The van der Waals surface area contributed by atoms with Crippen LogP contribution in [-0.2, 0) is 9.59 Å². The minimum absolute atomic E-state index is 0.309. The fraction of sp³-hybridized carbons (Fsp3) is 0.467. The van der Waals surface area contributed by atoms with Crippen LogP contribution in [0.1, 0.15) is 6.42 Å². The highest BCUT2D eigenvalue weighted by molar-refractivity contribution is 6.36. The summed E-state index contributed by atoms with van der Waals surface area (Å²) in [7, 11) is 0. The Bertz CT molecular complexity index is 616. The number of hydrogen-bond acceptors (Lipinski definition) is 4. The molecule has 1 aliphatic heterocycles. The van der Waals surface area contributed by atoms with E-state index in [0.717, 1.165) is 4.90 Å². The SMILES string of the molecule is O=C1[C@@H]2[C@@H]3C[C@H]([C@H](O)[C@H]3O)[C@@H]2C(=O)N1c1ccccc1Cl. The molecule has 1 aromatic rings. The normalized spacial score (nSPS) is 41.0. The van der Waals surface area contributed by atoms with E-state index < -0.39 is 24.0 Å². The van der Waals surface area contributed by atoms with E-state index in [0.29, 0.717) is 17.1 Å². The van der Waals surface area contributed by atoms with Crippen LogP contribution in [-0.4, -0.2) is 34.2 Å². The van der Waals surface area contributed by atoms with Gasteiger partial charge >= 0.3 is 0 Å². The summed E-state index contributed by atoms with van der Waals surface area (Å²) in [5.41, 5.74) is 0.381. The van der Waals surface area contributed by atoms with Gasteiger partial charge in [-0.15, -0.1) is 0 Å². The van der Waals surface area contributed by atoms with Crippen LogP contribution < -0.4 is 4.90 Å². The van der Waals surface area contributed by atoms with Crippen molar-refractivity contribution < 1.29 is 19.8 Å². The summed E-state index contributed by atoms with van der Waals surface area (Å²) < 4.78 is 0. The Morgan fingerprint density at radius 1 is 1.00 bits per heavy atom. The summed E-state index contributed by atoms with van der Waals surface area (Å²) in [5, 5.41) is 20.3. The second kappa shape index (κ2) is 4.29. The number of hydrogen-bond donors (Lipinski definition) is 2. The van der Waals surface area contributed by atoms with Crippen LogP contribution >= 0.6 is 11.6 Å². The lowest BCUT2D eigenvalue weighted by molar-refractivity contribution is -0.129. The number of carbonyl (C=O) groups excluding carboxylic acids is 2. The zero-order valence-corrected chi connectivity index (χ0v) is 11.8. The topological polar surface area (TPSA) is 77.8 Å². The summed E-state index contributed by atoms with van der Waals surface area (Å²) in [6, 6.07) is 6.71. The summed E-state index contributed by atoms with van der Waals surface area (Å²) in [4.78, 5) is 26.4. The molecular weight excluding hydrogens is 294 g/mol. The molecule has 0 unspecified atom stereocenters. The Balaban J connectivity index is 1.77. The van der Waals surface area contributed by atoms with Crippen molar-refractivity contribution >= 4 is 29.1 Å². The van der Waals surface area contributed by atoms with Crippen molar-refractivity contribution in [1.82, 2.24) is 0 Å². The van der Waals surface area contributed by atoms with E-state index in [4.69, 9.17) is 11.6 Å². The van der Waals surface area contributed by atoms with Crippen molar-refractivity contribution in [2.75, 3.05) is 4.90 Å². The van der Waals surface area contributed by atoms with Gasteiger partial charge in [0, 0.05) is 11.8 Å². The Morgan fingerprint density at radius 2 is 1.52 bits per heavy atom. The molecular formula is C15H14ClNO4. The summed E-state index contributed by atoms with van der Waals surface area (Å²) in [6.07, 6.45) is -1.30. The van der Waals surface area contributed by atoms with Crippen LogP contribution in [0.25, 0.3) is 0 Å². The molecule has 2 amide bonds. The molecule has 4 rings (SSSR count). The predicted molar refractivity (Wildman–Crippen MR) is 74.5 cm³/mol. The highest BCUT2D eigenvalue weighted by Gasteiger charge is 2.67. The van der Waals surface area contributed by atoms with Crippen LogP contribution in [0.4, 0.5) is 5.69 Å². The average Bonchev–Trinajstić information content (AvgIpc) is 3.06. The molecule has 110 valence electrons. The number of anilines is 1. The highest BCUT2D eigenvalue weighted by atomic mass is 35.5. The molecule has 21 heavy (non-hydrogen) atoms. The molecule has 0 spiro atoms. The van der Waals surface area contributed by atoms with Gasteiger partial charge in [0.15, 0.2) is 0 Å². The Morgan fingerprint density at radius 3 is 2.05 bits per heavy atom. The molecule has 2 bridgehead atoms. The summed E-state index contributed by atoms with van der Waals surface area (Å²) >= 11 is 6.09. The first-order valence-electron chi connectivity index (χ1n) is 7.01. The number of nitrogens with zero attached hydrogens (tertiary/aromatic N) is 1. The van der Waals surface area contributed by atoms with E-state index in [9.17, 15) is 19.8 Å². The van der Waals surface area contributed by atoms with Gasteiger partial charge in [-0.1, -0.05) is 23.7 Å². The van der Waals surface area contributed by atoms with Crippen LogP contribution in [0.2, 0.25) is 5.02 Å². The molecule has 3 fully saturated rings. The first kappa shape index (κ1) is 13.2. The molecule has 1 heterocycles. The van der Waals surface area contributed by atoms with Crippen LogP contribution in [0.5, 0.6) is 0 Å². The quantitative estimate of drug-likeness (QED) is 0.753. The first-order chi connectivity index (χ1) is 10.0. The van der Waals surface area contributed by atoms with Gasteiger partial charge in [-0.05, 0) is 18.6 Å². The number of rotatable bonds is 1. The second-order valence-electron chi connectivity index (χ2n) is 6.06. The maximum Gasteiger partial charge on any atom is 0.238 e. The number of amides is 2. The van der Waals surface area contributed by atoms with Gasteiger partial charge in [0.05, 0.1) is 34.8 Å². The fourth-order valence-corrected chi connectivity index (χ4v) is 4.52. The molecule has 5 nitrogen and oxygen atoms in total. The lowest BCUT2D eigenvalue weighted by atomic mass is 9.78. The second-order valence-corrected chi connectivity index (χ2v) is 6.47. The number of aliphatic hydroxyl groups excluding tert-OH is 2. The Hall–Kier alpha value is -1.43. The number of halogens is 1. The maximum absolute atomic E-state index is 12.6. The Labute approximate surface area is 126 Å². The van der Waals surface area contributed by atoms with E-state index >= 15 is 0 Å². The van der Waals surface area contributed by atoms with Gasteiger partial charge < -0.3 is 10.2 Å². The third-order valence-corrected chi connectivity index (χ3v) is 5.51. The first-order valence-corrected chi connectivity index (χ1v) is 7.38. The molecule has 3 aliphatic rings. The van der Waals surface area contributed by atoms with E-state index in [1.807, 2.05) is 0 Å². The van der Waals surface area contributed by atoms with E-state index in [1.165, 1.54) is 0 Å². The minimum Gasteiger partial charge on any atom is -0.390 e. The molecule has 0 aromatic heterocycles. The predicted octanol–water partition coefficient (Wildman–Crippen LogP) is 0.817. The summed E-state index contributed by atoms with van der Waals surface area (Å²) in [5.74, 6) is -2.35. The van der Waals surface area contributed by atoms with Crippen molar-refractivity contribution in [3.8, 4) is 0 Å². The standard InChI is InChI=1S/C15H14ClNO4/c16-8-3-1-2-4-9(8)17-14(20)10-6-5-7(11(10)15(17)21)13(19)12(6)18/h1-4,6-7,10-13,18-19H,5H2/t6-,7-,10-,11+,12-,13-/m0/s1. The molecule has 1 aromatic carbocycles. The lowest BCUT2D eigenvalue weighted by Gasteiger charge is -2.29. The molecule has 6 atom stereocenters. The van der Waals surface area contributed by atoms with Crippen molar-refractivity contribution in [1.29, 1.82) is 0 Å². The summed E-state index contributed by atoms with van der Waals surface area (Å²) in [6.45, 7) is 0. The molecule has 0 radical (unpaired) electrons. The van der Waals surface area contributed by atoms with Gasteiger partial charge in [0.25, 0.3) is 0 Å². The Kier molecular flexibility index (Phi) is 2.70. The van der Waals surface area contributed by atoms with E-state index in [2.05, 4.69) is 0 Å². The van der Waals surface area contributed by atoms with Crippen molar-refractivity contribution in [3.05, 3.63) is 29.3 Å². The van der Waals surface area contributed by atoms with Crippen molar-refractivity contribution in [3.63, 3.8) is 0 Å². The molecule has 2 aliphatic carbocycles. The lowest BCUT2D eigenvalue weighted by Crippen LogP contribution is -2.43. The van der Waals surface area contributed by atoms with Gasteiger partial charge in [-0.2, -0.15) is 0 Å². The molecule has 2 saturated carbocycles. The highest BCUT2D eigenvalue weighted by Crippen LogP contribution is 2.57. The van der Waals surface area contributed by atoms with Crippen molar-refractivity contribution in [2.45, 2.75) is 18.6 Å². The monoisotopic (exact) mass is 307 g/mol. The molecule has 2 N–H and O–H groups in total. The maximum atomic E-state index is 12.6. The van der Waals surface area contributed by atoms with Gasteiger partial charge in [-0.25, -0.2) is 4.90 Å². The largest absolute Gasteiger partial charge is 0.390 e. The number of aliphatic hydroxyl groups is 2. The van der Waals surface area contributed by atoms with Gasteiger partial charge in [-0.3, -0.25) is 9.59 Å². The number of para-hydroxylation sites is 1. The third kappa shape index (κ3) is 1.54. The number of imide groups is 1. The van der Waals surface area contributed by atoms with Crippen LogP contribution in [0, 0.1) is 23.7 Å². The van der Waals surface area contributed by atoms with Gasteiger partial charge in [0.2, 0.25) is 11.8 Å². The van der Waals surface area contributed by atoms with Crippen LogP contribution in [0.3, 0.4) is 0 Å². The number of fused-ring (bicyclic) bond motifs is 5. The zero-order valence-electron chi connectivity index (χ0n) is 11.0. The minimum atomic E-state index is -0.917. The number of carbonyl (C=O) groups is 2. The van der Waals surface area contributed by atoms with E-state index in [-0.39, 0.29) is 23.7 Å². The molecule has 6 heteroatoms. The van der Waals surface area contributed by atoms with Gasteiger partial charge in [0.1, 0.15) is 0 Å². The zero-order chi connectivity index (χ0) is 14.9. The fourth-order valence-electron chi connectivity index (χ4n) is 4.30. The third-order valence-electron chi connectivity index (χ3n) is 5.19. The van der Waals surface area contributed by atoms with E-state index in [1.54, 1.807) is 24.3 Å². The van der Waals surface area contributed by atoms with Crippen LogP contribution in [0.15, 0.2) is 24.3 Å².